The van der Waals surface area contributed by atoms with Gasteiger partial charge in [-0.1, -0.05) is 35.9 Å². The number of nitrogens with zero attached hydrogens (tertiary/aromatic N) is 2. The molecule has 0 spiro atoms. The highest BCUT2D eigenvalue weighted by Crippen LogP contribution is 2.29. The first kappa shape index (κ1) is 20.5. The van der Waals surface area contributed by atoms with Crippen LogP contribution >= 0.6 is 11.6 Å². The molecule has 156 valence electrons. The molecular weight excluding hydrogens is 400 g/mol. The molecule has 0 saturated carbocycles. The molecule has 2 aromatic rings. The molecule has 0 N–H and O–H groups in total. The number of carbonyl (C=O) groups excluding carboxylic acids is 1. The first-order valence-electron chi connectivity index (χ1n) is 10.1. The summed E-state index contributed by atoms with van der Waals surface area (Å²) in [7, 11) is 1.82. The Bertz CT molecular complexity index is 980. The maximum absolute atomic E-state index is 12.7. The van der Waals surface area contributed by atoms with Crippen molar-refractivity contribution in [2.45, 2.75) is 6.54 Å². The second kappa shape index (κ2) is 9.37. The van der Waals surface area contributed by atoms with Crippen molar-refractivity contribution in [2.24, 2.45) is 0 Å². The van der Waals surface area contributed by atoms with E-state index in [0.717, 1.165) is 48.8 Å². The maximum atomic E-state index is 12.7. The monoisotopic (exact) mass is 424 g/mol. The highest BCUT2D eigenvalue weighted by atomic mass is 35.5. The van der Waals surface area contributed by atoms with E-state index in [0.29, 0.717) is 18.2 Å². The number of hydrogen-bond acceptors (Lipinski definition) is 4. The molecule has 0 radical (unpaired) electrons. The molecule has 2 aliphatic heterocycles. The van der Waals surface area contributed by atoms with E-state index in [1.54, 1.807) is 11.0 Å². The molecule has 4 rings (SSSR count). The molecule has 0 aromatic heterocycles. The SMILES string of the molecule is CN(Cc1ccccc1N1CCOCC1)C(=O)/C=C/C1=Cc2cc(Cl)ccc2OC1. The van der Waals surface area contributed by atoms with Gasteiger partial charge >= 0.3 is 0 Å². The van der Waals surface area contributed by atoms with Gasteiger partial charge in [-0.2, -0.15) is 0 Å². The first-order valence-corrected chi connectivity index (χ1v) is 10.4. The van der Waals surface area contributed by atoms with Crippen LogP contribution in [0.2, 0.25) is 5.02 Å². The van der Waals surface area contributed by atoms with Crippen LogP contribution in [0.15, 0.2) is 60.2 Å². The summed E-state index contributed by atoms with van der Waals surface area (Å²) in [5, 5.41) is 0.661. The van der Waals surface area contributed by atoms with Crippen LogP contribution in [0.25, 0.3) is 6.08 Å². The Morgan fingerprint density at radius 3 is 2.83 bits per heavy atom. The summed E-state index contributed by atoms with van der Waals surface area (Å²) in [5.41, 5.74) is 4.16. The van der Waals surface area contributed by atoms with Crippen molar-refractivity contribution >= 4 is 29.3 Å². The molecular formula is C24H25ClN2O3. The van der Waals surface area contributed by atoms with Crippen LogP contribution < -0.4 is 9.64 Å². The highest BCUT2D eigenvalue weighted by Gasteiger charge is 2.16. The summed E-state index contributed by atoms with van der Waals surface area (Å²) >= 11 is 6.07. The fraction of sp³-hybridized carbons (Fsp3) is 0.292. The van der Waals surface area contributed by atoms with Crippen molar-refractivity contribution in [3.63, 3.8) is 0 Å². The minimum Gasteiger partial charge on any atom is -0.488 e. The molecule has 6 heteroatoms. The van der Waals surface area contributed by atoms with Gasteiger partial charge in [0.15, 0.2) is 0 Å². The number of likely N-dealkylation sites (N-methyl/N-ethyl adjacent to an activating group) is 1. The summed E-state index contributed by atoms with van der Waals surface area (Å²) in [4.78, 5) is 16.7. The Balaban J connectivity index is 1.42. The summed E-state index contributed by atoms with van der Waals surface area (Å²) in [6.45, 7) is 4.18. The zero-order valence-corrected chi connectivity index (χ0v) is 17.8. The Hall–Kier alpha value is -2.76. The van der Waals surface area contributed by atoms with E-state index in [9.17, 15) is 4.79 Å². The number of anilines is 1. The van der Waals surface area contributed by atoms with Gasteiger partial charge in [0, 0.05) is 49.0 Å². The van der Waals surface area contributed by atoms with E-state index in [1.807, 2.05) is 49.5 Å². The van der Waals surface area contributed by atoms with Gasteiger partial charge in [0.2, 0.25) is 5.91 Å². The molecule has 0 bridgehead atoms. The van der Waals surface area contributed by atoms with Crippen LogP contribution in [-0.4, -0.2) is 50.8 Å². The van der Waals surface area contributed by atoms with Gasteiger partial charge < -0.3 is 19.3 Å². The lowest BCUT2D eigenvalue weighted by atomic mass is 10.1. The van der Waals surface area contributed by atoms with Crippen molar-refractivity contribution in [3.05, 3.63) is 76.3 Å². The molecule has 0 atom stereocenters. The Kier molecular flexibility index (Phi) is 6.41. The van der Waals surface area contributed by atoms with E-state index < -0.39 is 0 Å². The van der Waals surface area contributed by atoms with E-state index in [2.05, 4.69) is 17.0 Å². The molecule has 0 aliphatic carbocycles. The number of ether oxygens (including phenoxy) is 2. The predicted molar refractivity (Wildman–Crippen MR) is 120 cm³/mol. The number of rotatable bonds is 5. The number of halogens is 1. The maximum Gasteiger partial charge on any atom is 0.246 e. The number of fused-ring (bicyclic) bond motifs is 1. The lowest BCUT2D eigenvalue weighted by molar-refractivity contribution is -0.125. The predicted octanol–water partition coefficient (Wildman–Crippen LogP) is 4.17. The van der Waals surface area contributed by atoms with Gasteiger partial charge in [-0.25, -0.2) is 0 Å². The third-order valence-corrected chi connectivity index (χ3v) is 5.51. The van der Waals surface area contributed by atoms with Crippen molar-refractivity contribution < 1.29 is 14.3 Å². The van der Waals surface area contributed by atoms with Crippen molar-refractivity contribution in [1.29, 1.82) is 0 Å². The molecule has 2 aliphatic rings. The van der Waals surface area contributed by atoms with Crippen LogP contribution in [0.3, 0.4) is 0 Å². The molecule has 2 aromatic carbocycles. The number of benzene rings is 2. The van der Waals surface area contributed by atoms with Crippen LogP contribution in [0.5, 0.6) is 5.75 Å². The van der Waals surface area contributed by atoms with Crippen LogP contribution in [0.4, 0.5) is 5.69 Å². The molecule has 2 heterocycles. The number of para-hydroxylation sites is 1. The largest absolute Gasteiger partial charge is 0.488 e. The van der Waals surface area contributed by atoms with Crippen LogP contribution in [0, 0.1) is 0 Å². The second-order valence-electron chi connectivity index (χ2n) is 7.45. The van der Waals surface area contributed by atoms with Crippen molar-refractivity contribution in [3.8, 4) is 5.75 Å². The second-order valence-corrected chi connectivity index (χ2v) is 7.88. The molecule has 1 amide bonds. The quantitative estimate of drug-likeness (QED) is 0.676. The Labute approximate surface area is 182 Å². The summed E-state index contributed by atoms with van der Waals surface area (Å²) in [6.07, 6.45) is 5.42. The first-order chi connectivity index (χ1) is 14.6. The number of hydrogen-bond donors (Lipinski definition) is 0. The van der Waals surface area contributed by atoms with E-state index in [-0.39, 0.29) is 5.91 Å². The van der Waals surface area contributed by atoms with Crippen LogP contribution in [-0.2, 0) is 16.1 Å². The summed E-state index contributed by atoms with van der Waals surface area (Å²) in [5.74, 6) is 0.754. The lowest BCUT2D eigenvalue weighted by Crippen LogP contribution is -2.37. The molecule has 5 nitrogen and oxygen atoms in total. The van der Waals surface area contributed by atoms with Gasteiger partial charge in [-0.15, -0.1) is 0 Å². The van der Waals surface area contributed by atoms with E-state index in [4.69, 9.17) is 21.1 Å². The average Bonchev–Trinajstić information content (AvgIpc) is 2.78. The topological polar surface area (TPSA) is 42.0 Å². The molecule has 1 fully saturated rings. The van der Waals surface area contributed by atoms with Gasteiger partial charge in [0.1, 0.15) is 12.4 Å². The Morgan fingerprint density at radius 2 is 2.00 bits per heavy atom. The number of morpholine rings is 1. The highest BCUT2D eigenvalue weighted by molar-refractivity contribution is 6.30. The summed E-state index contributed by atoms with van der Waals surface area (Å²) in [6, 6.07) is 13.8. The van der Waals surface area contributed by atoms with Gasteiger partial charge in [-0.3, -0.25) is 4.79 Å². The van der Waals surface area contributed by atoms with Gasteiger partial charge in [0.05, 0.1) is 13.2 Å². The Morgan fingerprint density at radius 1 is 1.20 bits per heavy atom. The molecule has 1 saturated heterocycles. The zero-order chi connectivity index (χ0) is 20.9. The lowest BCUT2D eigenvalue weighted by Gasteiger charge is -2.31. The average molecular weight is 425 g/mol. The van der Waals surface area contributed by atoms with Gasteiger partial charge in [0.25, 0.3) is 0 Å². The fourth-order valence-corrected chi connectivity index (χ4v) is 3.84. The standard InChI is InChI=1S/C24H25ClN2O3/c1-26(16-19-4-2-3-5-22(19)27-10-12-29-13-11-27)24(28)9-6-18-14-20-15-21(25)7-8-23(20)30-17-18/h2-9,14-15H,10-13,16-17H2,1H3/b9-6+. The zero-order valence-electron chi connectivity index (χ0n) is 17.0. The third-order valence-electron chi connectivity index (χ3n) is 5.27. The van der Waals surface area contributed by atoms with E-state index >= 15 is 0 Å². The number of amides is 1. The minimum atomic E-state index is -0.0513. The van der Waals surface area contributed by atoms with Gasteiger partial charge in [-0.05, 0) is 41.5 Å². The third kappa shape index (κ3) is 4.86. The molecule has 30 heavy (non-hydrogen) atoms. The normalized spacial score (nSPS) is 16.1. The van der Waals surface area contributed by atoms with Crippen molar-refractivity contribution in [2.75, 3.05) is 44.9 Å². The van der Waals surface area contributed by atoms with E-state index in [1.165, 1.54) is 5.69 Å². The minimum absolute atomic E-state index is 0.0513. The smallest absolute Gasteiger partial charge is 0.246 e. The summed E-state index contributed by atoms with van der Waals surface area (Å²) < 4.78 is 11.2. The van der Waals surface area contributed by atoms with Crippen LogP contribution in [0.1, 0.15) is 11.1 Å². The fourth-order valence-electron chi connectivity index (χ4n) is 3.66. The molecule has 0 unspecified atom stereocenters. The number of carbonyl (C=O) groups is 1. The van der Waals surface area contributed by atoms with Crippen molar-refractivity contribution in [1.82, 2.24) is 4.90 Å².